The number of nitrogens with one attached hydrogen (secondary N) is 2. The Morgan fingerprint density at radius 2 is 1.89 bits per heavy atom. The Kier molecular flexibility index (Phi) is 4.19. The van der Waals surface area contributed by atoms with Crippen LogP contribution in [0.15, 0.2) is 57.7 Å². The third-order valence-electron chi connectivity index (χ3n) is 4.46. The van der Waals surface area contributed by atoms with E-state index in [2.05, 4.69) is 4.98 Å². The molecule has 7 heteroatoms. The summed E-state index contributed by atoms with van der Waals surface area (Å²) in [6, 6.07) is 13.3. The molecule has 7 nitrogen and oxygen atoms in total. The van der Waals surface area contributed by atoms with Crippen molar-refractivity contribution in [3.8, 4) is 16.9 Å². The van der Waals surface area contributed by atoms with E-state index in [0.29, 0.717) is 10.9 Å². The molecule has 0 unspecified atom stereocenters. The normalized spacial score (nSPS) is 11.0. The van der Waals surface area contributed by atoms with Crippen molar-refractivity contribution in [1.29, 1.82) is 5.41 Å². The number of hydrogen-bond donors (Lipinski definition) is 3. The predicted molar refractivity (Wildman–Crippen MR) is 103 cm³/mol. The molecular formula is C21H16N2O5. The average Bonchev–Trinajstić information content (AvgIpc) is 2.67. The summed E-state index contributed by atoms with van der Waals surface area (Å²) in [5.41, 5.74) is -0.112. The molecule has 2 aromatic carbocycles. The first-order valence-electron chi connectivity index (χ1n) is 8.64. The fourth-order valence-corrected chi connectivity index (χ4v) is 3.29. The minimum absolute atomic E-state index is 0.0688. The lowest BCUT2D eigenvalue weighted by molar-refractivity contribution is 0.0522. The quantitative estimate of drug-likeness (QED) is 0.375. The molecule has 0 aliphatic carbocycles. The number of aromatic nitrogens is 1. The third kappa shape index (κ3) is 2.64. The highest BCUT2D eigenvalue weighted by Crippen LogP contribution is 2.36. The van der Waals surface area contributed by atoms with Crippen molar-refractivity contribution in [3.63, 3.8) is 0 Å². The van der Waals surface area contributed by atoms with E-state index >= 15 is 0 Å². The van der Waals surface area contributed by atoms with Crippen LogP contribution >= 0.6 is 0 Å². The molecule has 0 bridgehead atoms. The molecule has 2 aromatic heterocycles. The molecule has 0 amide bonds. The van der Waals surface area contributed by atoms with Crippen molar-refractivity contribution in [2.75, 3.05) is 6.61 Å². The molecule has 0 aliphatic rings. The number of para-hydroxylation sites is 2. The second-order valence-electron chi connectivity index (χ2n) is 6.12. The largest absolute Gasteiger partial charge is 0.507 e. The van der Waals surface area contributed by atoms with Crippen LogP contribution in [0.4, 0.5) is 0 Å². The maximum atomic E-state index is 12.9. The first-order valence-corrected chi connectivity index (χ1v) is 8.64. The van der Waals surface area contributed by atoms with Gasteiger partial charge in [0.15, 0.2) is 5.58 Å². The highest BCUT2D eigenvalue weighted by atomic mass is 16.5. The van der Waals surface area contributed by atoms with Crippen molar-refractivity contribution >= 4 is 27.8 Å². The van der Waals surface area contributed by atoms with Gasteiger partial charge in [0.05, 0.1) is 17.5 Å². The number of hydrogen-bond acceptors (Lipinski definition) is 6. The van der Waals surface area contributed by atoms with Crippen LogP contribution in [0, 0.1) is 5.41 Å². The van der Waals surface area contributed by atoms with E-state index in [1.54, 1.807) is 49.4 Å². The maximum Gasteiger partial charge on any atom is 0.344 e. The summed E-state index contributed by atoms with van der Waals surface area (Å²) in [5.74, 6) is -0.934. The van der Waals surface area contributed by atoms with Crippen LogP contribution in [-0.4, -0.2) is 22.7 Å². The van der Waals surface area contributed by atoms with Gasteiger partial charge in [0, 0.05) is 16.5 Å². The summed E-state index contributed by atoms with van der Waals surface area (Å²) in [6.45, 7) is 1.73. The number of phenols is 1. The molecule has 0 radical (unpaired) electrons. The van der Waals surface area contributed by atoms with Crippen LogP contribution in [0.25, 0.3) is 33.0 Å². The number of carbonyl (C=O) groups is 1. The van der Waals surface area contributed by atoms with Gasteiger partial charge in [0.2, 0.25) is 5.55 Å². The van der Waals surface area contributed by atoms with Crippen molar-refractivity contribution < 1.29 is 19.1 Å². The van der Waals surface area contributed by atoms with Gasteiger partial charge in [-0.3, -0.25) is 10.2 Å². The maximum absolute atomic E-state index is 12.9. The predicted octanol–water partition coefficient (Wildman–Crippen LogP) is 3.30. The smallest absolute Gasteiger partial charge is 0.344 e. The molecule has 0 saturated carbocycles. The van der Waals surface area contributed by atoms with Crippen LogP contribution < -0.4 is 11.1 Å². The van der Waals surface area contributed by atoms with Crippen LogP contribution in [-0.2, 0) is 4.74 Å². The fraction of sp³-hybridized carbons (Fsp3) is 0.0952. The van der Waals surface area contributed by atoms with Crippen LogP contribution in [0.5, 0.6) is 5.75 Å². The third-order valence-corrected chi connectivity index (χ3v) is 4.46. The lowest BCUT2D eigenvalue weighted by Gasteiger charge is -2.13. The van der Waals surface area contributed by atoms with Crippen LogP contribution in [0.2, 0.25) is 0 Å². The number of carbonyl (C=O) groups excluding carboxylic acids is 1. The number of esters is 1. The highest BCUT2D eigenvalue weighted by Gasteiger charge is 2.26. The first kappa shape index (κ1) is 17.5. The molecule has 0 spiro atoms. The zero-order chi connectivity index (χ0) is 19.8. The summed E-state index contributed by atoms with van der Waals surface area (Å²) in [6.07, 6.45) is 0. The Hall–Kier alpha value is -3.87. The number of H-pyrrole nitrogens is 1. The number of rotatable bonds is 3. The monoisotopic (exact) mass is 376 g/mol. The average molecular weight is 376 g/mol. The van der Waals surface area contributed by atoms with Gasteiger partial charge >= 0.3 is 5.97 Å². The topological polar surface area (TPSA) is 116 Å². The number of aromatic hydroxyl groups is 1. The standard InChI is InChI=1S/C21H16N2O5/c1-2-27-21(26)17-15(12-8-4-6-10-14(12)24)16-18(28-19(17)22)11-7-3-5-9-13(11)23-20(16)25/h3-10,22,24H,2H2,1H3,(H,23,25). The van der Waals surface area contributed by atoms with Gasteiger partial charge in [0.1, 0.15) is 11.3 Å². The summed E-state index contributed by atoms with van der Waals surface area (Å²) >= 11 is 0. The molecule has 28 heavy (non-hydrogen) atoms. The molecule has 2 heterocycles. The molecule has 0 saturated heterocycles. The Morgan fingerprint density at radius 1 is 1.18 bits per heavy atom. The molecule has 4 rings (SSSR count). The second kappa shape index (κ2) is 6.70. The van der Waals surface area contributed by atoms with Crippen molar-refractivity contribution in [2.45, 2.75) is 6.92 Å². The molecule has 0 fully saturated rings. The lowest BCUT2D eigenvalue weighted by Crippen LogP contribution is -2.21. The minimum Gasteiger partial charge on any atom is -0.507 e. The number of pyridine rings is 1. The molecule has 140 valence electrons. The SMILES string of the molecule is CCOC(=O)c1c(-c2ccccc2O)c2c(=O)[nH]c3ccccc3c2oc1=N. The summed E-state index contributed by atoms with van der Waals surface area (Å²) in [7, 11) is 0. The summed E-state index contributed by atoms with van der Waals surface area (Å²) in [4.78, 5) is 28.3. The minimum atomic E-state index is -0.802. The molecular weight excluding hydrogens is 360 g/mol. The molecule has 0 aliphatic heterocycles. The summed E-state index contributed by atoms with van der Waals surface area (Å²) < 4.78 is 10.7. The van der Waals surface area contributed by atoms with Gasteiger partial charge in [0.25, 0.3) is 5.56 Å². The Morgan fingerprint density at radius 3 is 2.64 bits per heavy atom. The van der Waals surface area contributed by atoms with Gasteiger partial charge in [-0.15, -0.1) is 0 Å². The van der Waals surface area contributed by atoms with E-state index in [1.165, 1.54) is 6.07 Å². The molecule has 4 aromatic rings. The van der Waals surface area contributed by atoms with Crippen molar-refractivity contribution in [3.05, 3.63) is 70.0 Å². The van der Waals surface area contributed by atoms with Crippen LogP contribution in [0.3, 0.4) is 0 Å². The number of benzene rings is 2. The first-order chi connectivity index (χ1) is 13.5. The van der Waals surface area contributed by atoms with Gasteiger partial charge in [-0.25, -0.2) is 4.79 Å². The van der Waals surface area contributed by atoms with E-state index < -0.39 is 17.1 Å². The number of fused-ring (bicyclic) bond motifs is 3. The van der Waals surface area contributed by atoms with Crippen LogP contribution in [0.1, 0.15) is 17.3 Å². The Balaban J connectivity index is 2.28. The van der Waals surface area contributed by atoms with Crippen molar-refractivity contribution in [2.24, 2.45) is 0 Å². The molecule has 0 atom stereocenters. The Labute approximate surface area is 158 Å². The number of phenolic OH excluding ortho intramolecular Hbond substituents is 1. The van der Waals surface area contributed by atoms with Gasteiger partial charge in [-0.1, -0.05) is 30.3 Å². The zero-order valence-corrected chi connectivity index (χ0v) is 14.9. The van der Waals surface area contributed by atoms with E-state index in [9.17, 15) is 14.7 Å². The van der Waals surface area contributed by atoms with E-state index in [0.717, 1.165) is 0 Å². The second-order valence-corrected chi connectivity index (χ2v) is 6.12. The van der Waals surface area contributed by atoms with Crippen molar-refractivity contribution in [1.82, 2.24) is 4.98 Å². The van der Waals surface area contributed by atoms with Gasteiger partial charge < -0.3 is 19.2 Å². The van der Waals surface area contributed by atoms with E-state index in [-0.39, 0.29) is 40.0 Å². The number of aromatic amines is 1. The number of ether oxygens (including phenoxy) is 1. The fourth-order valence-electron chi connectivity index (χ4n) is 3.29. The van der Waals surface area contributed by atoms with E-state index in [4.69, 9.17) is 14.6 Å². The Bertz CT molecular complexity index is 1350. The van der Waals surface area contributed by atoms with E-state index in [1.807, 2.05) is 0 Å². The molecule has 3 N–H and O–H groups in total. The highest BCUT2D eigenvalue weighted by molar-refractivity contribution is 6.12. The lowest BCUT2D eigenvalue weighted by atomic mass is 9.96. The van der Waals surface area contributed by atoms with Gasteiger partial charge in [-0.2, -0.15) is 0 Å². The zero-order valence-electron chi connectivity index (χ0n) is 14.9. The van der Waals surface area contributed by atoms with Gasteiger partial charge in [-0.05, 0) is 25.1 Å². The summed E-state index contributed by atoms with van der Waals surface area (Å²) in [5, 5.41) is 19.4.